The lowest BCUT2D eigenvalue weighted by Crippen LogP contribution is -2.24. The number of methoxy groups -OCH3 is 1. The first-order valence-electron chi connectivity index (χ1n) is 5.06. The van der Waals surface area contributed by atoms with Crippen LogP contribution < -0.4 is 4.90 Å². The van der Waals surface area contributed by atoms with Crippen molar-refractivity contribution in [3.8, 4) is 0 Å². The van der Waals surface area contributed by atoms with Crippen LogP contribution in [0, 0.1) is 10.1 Å². The average molecular weight is 255 g/mol. The van der Waals surface area contributed by atoms with E-state index in [9.17, 15) is 14.9 Å². The number of aromatic carboxylic acids is 1. The van der Waals surface area contributed by atoms with Gasteiger partial charge in [-0.15, -0.1) is 0 Å². The zero-order valence-electron chi connectivity index (χ0n) is 9.99. The number of nitrogens with zero attached hydrogens (tertiary/aromatic N) is 3. The lowest BCUT2D eigenvalue weighted by atomic mass is 10.3. The Labute approximate surface area is 103 Å². The van der Waals surface area contributed by atoms with E-state index in [1.165, 1.54) is 12.0 Å². The molecule has 0 saturated heterocycles. The lowest BCUT2D eigenvalue weighted by Gasteiger charge is -2.17. The van der Waals surface area contributed by atoms with Gasteiger partial charge in [0.15, 0.2) is 5.69 Å². The van der Waals surface area contributed by atoms with E-state index >= 15 is 0 Å². The predicted octanol–water partition coefficient (Wildman–Crippen LogP) is 0.771. The third-order valence-electron chi connectivity index (χ3n) is 2.26. The quantitative estimate of drug-likeness (QED) is 0.591. The number of ether oxygens (including phenoxy) is 1. The second-order valence-electron chi connectivity index (χ2n) is 3.52. The Morgan fingerprint density at radius 3 is 2.78 bits per heavy atom. The molecule has 0 fully saturated rings. The first-order valence-corrected chi connectivity index (χ1v) is 5.06. The SMILES string of the molecule is COCCN(C)c1nc(C(=O)O)ccc1[N+](=O)[O-]. The van der Waals surface area contributed by atoms with E-state index in [1.807, 2.05) is 0 Å². The van der Waals surface area contributed by atoms with Crippen molar-refractivity contribution >= 4 is 17.5 Å². The van der Waals surface area contributed by atoms with Crippen molar-refractivity contribution in [3.63, 3.8) is 0 Å². The molecule has 1 aromatic heterocycles. The summed E-state index contributed by atoms with van der Waals surface area (Å²) < 4.78 is 4.86. The van der Waals surface area contributed by atoms with Crippen molar-refractivity contribution in [2.45, 2.75) is 0 Å². The van der Waals surface area contributed by atoms with Gasteiger partial charge in [-0.25, -0.2) is 9.78 Å². The molecule has 18 heavy (non-hydrogen) atoms. The van der Waals surface area contributed by atoms with Crippen LogP contribution in [-0.4, -0.2) is 48.3 Å². The summed E-state index contributed by atoms with van der Waals surface area (Å²) in [5.41, 5.74) is -0.474. The molecule has 1 heterocycles. The number of nitro groups is 1. The van der Waals surface area contributed by atoms with E-state index in [-0.39, 0.29) is 17.2 Å². The van der Waals surface area contributed by atoms with Crippen molar-refractivity contribution < 1.29 is 19.6 Å². The molecule has 1 N–H and O–H groups in total. The first kappa shape index (κ1) is 13.8. The van der Waals surface area contributed by atoms with Gasteiger partial charge in [0.1, 0.15) is 0 Å². The Balaban J connectivity index is 3.14. The lowest BCUT2D eigenvalue weighted by molar-refractivity contribution is -0.384. The first-order chi connectivity index (χ1) is 8.47. The van der Waals surface area contributed by atoms with Gasteiger partial charge in [0.25, 0.3) is 0 Å². The van der Waals surface area contributed by atoms with Crippen molar-refractivity contribution in [2.75, 3.05) is 32.2 Å². The Morgan fingerprint density at radius 2 is 2.28 bits per heavy atom. The van der Waals surface area contributed by atoms with Crippen molar-refractivity contribution in [3.05, 3.63) is 27.9 Å². The highest BCUT2D eigenvalue weighted by atomic mass is 16.6. The molecule has 0 unspecified atom stereocenters. The zero-order chi connectivity index (χ0) is 13.7. The van der Waals surface area contributed by atoms with Crippen LogP contribution in [0.2, 0.25) is 0 Å². The Kier molecular flexibility index (Phi) is 4.55. The van der Waals surface area contributed by atoms with Gasteiger partial charge >= 0.3 is 11.7 Å². The summed E-state index contributed by atoms with van der Waals surface area (Å²) in [5, 5.41) is 19.7. The molecule has 0 aromatic carbocycles. The highest BCUT2D eigenvalue weighted by molar-refractivity contribution is 5.86. The summed E-state index contributed by atoms with van der Waals surface area (Å²) in [4.78, 5) is 26.3. The molecule has 0 aliphatic carbocycles. The van der Waals surface area contributed by atoms with Crippen LogP contribution in [0.1, 0.15) is 10.5 Å². The van der Waals surface area contributed by atoms with Crippen LogP contribution in [0.25, 0.3) is 0 Å². The molecule has 98 valence electrons. The monoisotopic (exact) mass is 255 g/mol. The summed E-state index contributed by atoms with van der Waals surface area (Å²) in [6.45, 7) is 0.722. The van der Waals surface area contributed by atoms with E-state index in [4.69, 9.17) is 9.84 Å². The summed E-state index contributed by atoms with van der Waals surface area (Å²) in [6, 6.07) is 2.24. The maximum absolute atomic E-state index is 10.8. The number of carboxylic acid groups (broad SMARTS) is 1. The second kappa shape index (κ2) is 5.92. The molecule has 0 spiro atoms. The van der Waals surface area contributed by atoms with Crippen LogP contribution >= 0.6 is 0 Å². The van der Waals surface area contributed by atoms with Gasteiger partial charge in [-0.05, 0) is 6.07 Å². The van der Waals surface area contributed by atoms with Gasteiger partial charge in [-0.2, -0.15) is 0 Å². The number of hydrogen-bond donors (Lipinski definition) is 1. The molecule has 1 aromatic rings. The molecule has 0 bridgehead atoms. The Bertz CT molecular complexity index is 463. The molecule has 8 heteroatoms. The maximum atomic E-state index is 10.8. The smallest absolute Gasteiger partial charge is 0.354 e. The Hall–Kier alpha value is -2.22. The Morgan fingerprint density at radius 1 is 1.61 bits per heavy atom. The average Bonchev–Trinajstić information content (AvgIpc) is 2.34. The largest absolute Gasteiger partial charge is 0.477 e. The molecule has 0 amide bonds. The fourth-order valence-electron chi connectivity index (χ4n) is 1.32. The summed E-state index contributed by atoms with van der Waals surface area (Å²) in [5.74, 6) is -1.22. The molecular formula is C10H13N3O5. The van der Waals surface area contributed by atoms with E-state index in [1.54, 1.807) is 7.05 Å². The second-order valence-corrected chi connectivity index (χ2v) is 3.52. The van der Waals surface area contributed by atoms with E-state index in [0.717, 1.165) is 12.1 Å². The number of hydrogen-bond acceptors (Lipinski definition) is 6. The number of aromatic nitrogens is 1. The van der Waals surface area contributed by atoms with Crippen LogP contribution in [0.4, 0.5) is 11.5 Å². The molecular weight excluding hydrogens is 242 g/mol. The number of carbonyl (C=O) groups is 1. The van der Waals surface area contributed by atoms with Gasteiger partial charge in [-0.1, -0.05) is 0 Å². The normalized spacial score (nSPS) is 10.1. The minimum atomic E-state index is -1.23. The summed E-state index contributed by atoms with van der Waals surface area (Å²) in [6.07, 6.45) is 0. The van der Waals surface area contributed by atoms with E-state index < -0.39 is 10.9 Å². The van der Waals surface area contributed by atoms with Crippen molar-refractivity contribution in [1.82, 2.24) is 4.98 Å². The molecule has 0 aliphatic rings. The van der Waals surface area contributed by atoms with Crippen molar-refractivity contribution in [2.24, 2.45) is 0 Å². The summed E-state index contributed by atoms with van der Waals surface area (Å²) in [7, 11) is 3.09. The van der Waals surface area contributed by atoms with Gasteiger partial charge in [0, 0.05) is 26.8 Å². The standard InChI is InChI=1S/C10H13N3O5/c1-12(5-6-18-2)9-8(13(16)17)4-3-7(11-9)10(14)15/h3-4H,5-6H2,1-2H3,(H,14,15). The molecule has 0 atom stereocenters. The summed E-state index contributed by atoms with van der Waals surface area (Å²) >= 11 is 0. The van der Waals surface area contributed by atoms with Gasteiger partial charge in [0.2, 0.25) is 5.82 Å². The molecule has 8 nitrogen and oxygen atoms in total. The van der Waals surface area contributed by atoms with Gasteiger partial charge in [-0.3, -0.25) is 10.1 Å². The number of likely N-dealkylation sites (N-methyl/N-ethyl adjacent to an activating group) is 1. The number of pyridine rings is 1. The fraction of sp³-hybridized carbons (Fsp3) is 0.400. The minimum absolute atomic E-state index is 0.0111. The number of rotatable bonds is 6. The predicted molar refractivity (Wildman–Crippen MR) is 63.0 cm³/mol. The van der Waals surface area contributed by atoms with E-state index in [0.29, 0.717) is 13.2 Å². The van der Waals surface area contributed by atoms with Crippen LogP contribution in [0.3, 0.4) is 0 Å². The van der Waals surface area contributed by atoms with Crippen LogP contribution in [0.5, 0.6) is 0 Å². The number of carboxylic acids is 1. The van der Waals surface area contributed by atoms with E-state index in [2.05, 4.69) is 4.98 Å². The third-order valence-corrected chi connectivity index (χ3v) is 2.26. The fourth-order valence-corrected chi connectivity index (χ4v) is 1.32. The van der Waals surface area contributed by atoms with Crippen LogP contribution in [-0.2, 0) is 4.74 Å². The third kappa shape index (κ3) is 3.14. The van der Waals surface area contributed by atoms with Gasteiger partial charge < -0.3 is 14.7 Å². The molecule has 1 rings (SSSR count). The topological polar surface area (TPSA) is 106 Å². The van der Waals surface area contributed by atoms with Crippen LogP contribution in [0.15, 0.2) is 12.1 Å². The number of anilines is 1. The van der Waals surface area contributed by atoms with Gasteiger partial charge in [0.05, 0.1) is 11.5 Å². The maximum Gasteiger partial charge on any atom is 0.354 e. The minimum Gasteiger partial charge on any atom is -0.477 e. The highest BCUT2D eigenvalue weighted by Crippen LogP contribution is 2.25. The van der Waals surface area contributed by atoms with Crippen molar-refractivity contribution in [1.29, 1.82) is 0 Å². The zero-order valence-corrected chi connectivity index (χ0v) is 9.99. The molecule has 0 saturated carbocycles. The highest BCUT2D eigenvalue weighted by Gasteiger charge is 2.21. The molecule has 0 radical (unpaired) electrons. The molecule has 0 aliphatic heterocycles.